The second-order valence-corrected chi connectivity index (χ2v) is 12.3. The second kappa shape index (κ2) is 13.6. The molecule has 5 aromatic rings. The van der Waals surface area contributed by atoms with Gasteiger partial charge in [0.25, 0.3) is 5.97 Å². The zero-order valence-corrected chi connectivity index (χ0v) is 26.9. The Morgan fingerprint density at radius 1 is 1.11 bits per heavy atom. The number of aryl methyl sites for hydroxylation is 1. The summed E-state index contributed by atoms with van der Waals surface area (Å²) in [5.41, 5.74) is 5.66. The number of rotatable bonds is 8. The van der Waals surface area contributed by atoms with E-state index in [2.05, 4.69) is 36.5 Å². The van der Waals surface area contributed by atoms with Crippen LogP contribution in [0.25, 0.3) is 11.2 Å². The molecule has 2 aliphatic heterocycles. The first-order chi connectivity index (χ1) is 22.7. The third-order valence-corrected chi connectivity index (χ3v) is 8.54. The molecular formula is C34H39N9O4. The maximum atomic E-state index is 13.1. The van der Waals surface area contributed by atoms with Crippen molar-refractivity contribution in [2.45, 2.75) is 57.5 Å². The van der Waals surface area contributed by atoms with Gasteiger partial charge < -0.3 is 25.0 Å². The van der Waals surface area contributed by atoms with E-state index in [9.17, 15) is 4.79 Å². The van der Waals surface area contributed by atoms with Crippen LogP contribution in [0.3, 0.4) is 0 Å². The molecule has 2 aliphatic rings. The van der Waals surface area contributed by atoms with Crippen molar-refractivity contribution >= 4 is 34.4 Å². The van der Waals surface area contributed by atoms with Gasteiger partial charge in [-0.25, -0.2) is 9.50 Å². The Balaban J connectivity index is 0.000000915. The highest BCUT2D eigenvalue weighted by Gasteiger charge is 2.43. The van der Waals surface area contributed by atoms with Gasteiger partial charge in [-0.1, -0.05) is 6.08 Å². The van der Waals surface area contributed by atoms with Gasteiger partial charge in [-0.15, -0.1) is 10.2 Å². The minimum Gasteiger partial charge on any atom is -0.481 e. The predicted molar refractivity (Wildman–Crippen MR) is 177 cm³/mol. The molecule has 0 radical (unpaired) electrons. The van der Waals surface area contributed by atoms with Gasteiger partial charge in [0.2, 0.25) is 5.91 Å². The Bertz CT molecular complexity index is 1910. The van der Waals surface area contributed by atoms with E-state index in [-0.39, 0.29) is 23.9 Å². The van der Waals surface area contributed by atoms with E-state index in [1.54, 1.807) is 18.7 Å². The number of piperidine rings is 1. The van der Waals surface area contributed by atoms with Crippen LogP contribution in [0.15, 0.2) is 73.6 Å². The van der Waals surface area contributed by atoms with Crippen molar-refractivity contribution in [1.82, 2.24) is 39.0 Å². The number of carbonyl (C=O) groups is 2. The topological polar surface area (TPSA) is 142 Å². The summed E-state index contributed by atoms with van der Waals surface area (Å²) >= 11 is 0. The Hall–Kier alpha value is -5.30. The lowest BCUT2D eigenvalue weighted by Gasteiger charge is -2.38. The van der Waals surface area contributed by atoms with Crippen molar-refractivity contribution in [3.05, 3.63) is 84.9 Å². The number of fused-ring (bicyclic) bond motifs is 4. The van der Waals surface area contributed by atoms with Gasteiger partial charge in [-0.3, -0.25) is 14.0 Å². The van der Waals surface area contributed by atoms with Gasteiger partial charge in [0.1, 0.15) is 29.7 Å². The molecular weight excluding hydrogens is 598 g/mol. The van der Waals surface area contributed by atoms with Crippen molar-refractivity contribution in [3.8, 4) is 11.5 Å². The SMILES string of the molecule is CC(=O)O.Cc1cc(Nc2ccn3ncnc(C4CC5CCC(C4)N5C(=O)/C=C/CN(C)C)c23)ccc1Oc1ccn2cnnc2c1. The summed E-state index contributed by atoms with van der Waals surface area (Å²) in [5, 5.41) is 23.5. The number of pyridine rings is 1. The Morgan fingerprint density at radius 2 is 1.87 bits per heavy atom. The molecule has 13 heteroatoms. The molecule has 7 rings (SSSR count). The molecule has 2 N–H and O–H groups in total. The van der Waals surface area contributed by atoms with E-state index in [1.807, 2.05) is 78.7 Å². The van der Waals surface area contributed by atoms with Crippen LogP contribution in [0.4, 0.5) is 11.4 Å². The number of benzene rings is 1. The van der Waals surface area contributed by atoms with Crippen molar-refractivity contribution in [2.75, 3.05) is 26.0 Å². The largest absolute Gasteiger partial charge is 0.481 e. The number of carbonyl (C=O) groups excluding carboxylic acids is 1. The molecule has 47 heavy (non-hydrogen) atoms. The lowest BCUT2D eigenvalue weighted by atomic mass is 9.87. The maximum absolute atomic E-state index is 13.1. The number of nitrogens with zero attached hydrogens (tertiary/aromatic N) is 8. The van der Waals surface area contributed by atoms with E-state index in [0.29, 0.717) is 5.75 Å². The molecule has 2 atom stereocenters. The van der Waals surface area contributed by atoms with Crippen molar-refractivity contribution < 1.29 is 19.4 Å². The van der Waals surface area contributed by atoms with Crippen LogP contribution >= 0.6 is 0 Å². The number of nitrogens with one attached hydrogen (secondary N) is 1. The molecule has 0 spiro atoms. The van der Waals surface area contributed by atoms with Gasteiger partial charge >= 0.3 is 0 Å². The number of aromatic nitrogens is 6. The first-order valence-electron chi connectivity index (χ1n) is 15.7. The lowest BCUT2D eigenvalue weighted by Crippen LogP contribution is -2.45. The number of hydrogen-bond acceptors (Lipinski definition) is 9. The van der Waals surface area contributed by atoms with Crippen LogP contribution in [-0.2, 0) is 9.59 Å². The van der Waals surface area contributed by atoms with Gasteiger partial charge in [-0.05, 0) is 82.6 Å². The number of likely N-dealkylation sites (N-methyl/N-ethyl adjacent to an activating group) is 1. The number of amides is 1. The summed E-state index contributed by atoms with van der Waals surface area (Å²) in [5.74, 6) is 1.03. The first-order valence-corrected chi connectivity index (χ1v) is 15.7. The second-order valence-electron chi connectivity index (χ2n) is 12.3. The normalized spacial score (nSPS) is 18.9. The van der Waals surface area contributed by atoms with E-state index >= 15 is 0 Å². The van der Waals surface area contributed by atoms with E-state index in [4.69, 9.17) is 19.6 Å². The number of carboxylic acids is 1. The third kappa shape index (κ3) is 7.09. The van der Waals surface area contributed by atoms with E-state index < -0.39 is 5.97 Å². The highest BCUT2D eigenvalue weighted by Crippen LogP contribution is 2.44. The van der Waals surface area contributed by atoms with E-state index in [1.165, 1.54) is 0 Å². The van der Waals surface area contributed by atoms with Crippen molar-refractivity contribution in [2.24, 2.45) is 0 Å². The number of ether oxygens (including phenoxy) is 1. The minimum absolute atomic E-state index is 0.132. The smallest absolute Gasteiger partial charge is 0.300 e. The fourth-order valence-electron chi connectivity index (χ4n) is 6.57. The lowest BCUT2D eigenvalue weighted by molar-refractivity contribution is -0.134. The van der Waals surface area contributed by atoms with Gasteiger partial charge in [0.05, 0.1) is 11.4 Å². The summed E-state index contributed by atoms with van der Waals surface area (Å²) in [6, 6.07) is 12.3. The molecule has 4 aromatic heterocycles. The average Bonchev–Trinajstić information content (AvgIpc) is 3.73. The highest BCUT2D eigenvalue weighted by atomic mass is 16.5. The van der Waals surface area contributed by atoms with Gasteiger partial charge in [0.15, 0.2) is 5.65 Å². The molecule has 2 unspecified atom stereocenters. The monoisotopic (exact) mass is 637 g/mol. The van der Waals surface area contributed by atoms with Crippen molar-refractivity contribution in [1.29, 1.82) is 0 Å². The molecule has 2 bridgehead atoms. The Kier molecular flexibility index (Phi) is 9.16. The van der Waals surface area contributed by atoms with Crippen LogP contribution in [0.1, 0.15) is 49.8 Å². The molecule has 0 saturated carbocycles. The minimum atomic E-state index is -0.833. The summed E-state index contributed by atoms with van der Waals surface area (Å²) < 4.78 is 9.90. The molecule has 1 amide bonds. The van der Waals surface area contributed by atoms with Gasteiger partial charge in [0, 0.05) is 61.7 Å². The van der Waals surface area contributed by atoms with Gasteiger partial charge in [-0.2, -0.15) is 5.10 Å². The zero-order chi connectivity index (χ0) is 33.1. The number of anilines is 2. The van der Waals surface area contributed by atoms with Crippen LogP contribution < -0.4 is 10.1 Å². The number of carboxylic acid groups (broad SMARTS) is 1. The van der Waals surface area contributed by atoms with Crippen LogP contribution in [0.2, 0.25) is 0 Å². The summed E-state index contributed by atoms with van der Waals surface area (Å²) in [7, 11) is 4.01. The summed E-state index contributed by atoms with van der Waals surface area (Å²) in [6.45, 7) is 3.87. The average molecular weight is 638 g/mol. The molecule has 13 nitrogen and oxygen atoms in total. The maximum Gasteiger partial charge on any atom is 0.300 e. The van der Waals surface area contributed by atoms with Crippen molar-refractivity contribution in [3.63, 3.8) is 0 Å². The van der Waals surface area contributed by atoms with Crippen LogP contribution in [0, 0.1) is 6.92 Å². The van der Waals surface area contributed by atoms with Crippen LogP contribution in [-0.4, -0.2) is 88.7 Å². The first kappa shape index (κ1) is 31.7. The number of aliphatic carboxylic acids is 1. The number of hydrogen-bond donors (Lipinski definition) is 2. The Labute approximate surface area is 272 Å². The van der Waals surface area contributed by atoms with E-state index in [0.717, 1.165) is 78.7 Å². The Morgan fingerprint density at radius 3 is 2.60 bits per heavy atom. The summed E-state index contributed by atoms with van der Waals surface area (Å²) in [6.07, 6.45) is 14.8. The van der Waals surface area contributed by atoms with Crippen LogP contribution in [0.5, 0.6) is 11.5 Å². The molecule has 2 fully saturated rings. The molecule has 2 saturated heterocycles. The molecule has 6 heterocycles. The standard InChI is InChI=1S/C32H35N9O2.C2H4O2/c1-21-15-23(6-9-28(21)43-26-10-13-39-20-34-37-29(39)18-26)36-27-11-14-40-32(27)31(33-19-35-40)22-16-24-7-8-25(17-22)41(24)30(42)5-4-12-38(2)3;1-2(3)4/h4-6,9-11,13-15,18-20,22,24-25,36H,7-8,12,16-17H2,1-3H3;1H3,(H,3,4)/b5-4+;. The zero-order valence-electron chi connectivity index (χ0n) is 26.9. The molecule has 244 valence electrons. The fourth-order valence-corrected chi connectivity index (χ4v) is 6.57. The summed E-state index contributed by atoms with van der Waals surface area (Å²) in [4.78, 5) is 31.1. The predicted octanol–water partition coefficient (Wildman–Crippen LogP) is 5.06. The highest BCUT2D eigenvalue weighted by molar-refractivity contribution is 5.88. The fraction of sp³-hybridized carbons (Fsp3) is 0.353. The molecule has 0 aliphatic carbocycles. The molecule has 1 aromatic carbocycles. The quantitative estimate of drug-likeness (QED) is 0.222. The third-order valence-electron chi connectivity index (χ3n) is 8.54.